The van der Waals surface area contributed by atoms with Crippen molar-refractivity contribution in [1.82, 2.24) is 5.32 Å². The number of hydrogen-bond acceptors (Lipinski definition) is 3. The van der Waals surface area contributed by atoms with Gasteiger partial charge in [0.15, 0.2) is 11.6 Å². The Hall–Kier alpha value is -1.52. The van der Waals surface area contributed by atoms with Crippen molar-refractivity contribution in [2.75, 3.05) is 13.4 Å². The number of hydrogen-bond donors (Lipinski definition) is 1. The van der Waals surface area contributed by atoms with Crippen molar-refractivity contribution in [3.8, 4) is 5.75 Å². The van der Waals surface area contributed by atoms with E-state index < -0.39 is 0 Å². The van der Waals surface area contributed by atoms with E-state index in [0.29, 0.717) is 0 Å². The molecule has 2 aromatic rings. The van der Waals surface area contributed by atoms with Crippen LogP contribution in [0, 0.1) is 5.82 Å². The summed E-state index contributed by atoms with van der Waals surface area (Å²) in [5.41, 5.74) is 2.13. The quantitative estimate of drug-likeness (QED) is 0.799. The lowest BCUT2D eigenvalue weighted by Gasteiger charge is -2.15. The summed E-state index contributed by atoms with van der Waals surface area (Å²) in [6.45, 7) is 2.78. The molecule has 0 amide bonds. The molecule has 1 atom stereocenters. The molecule has 21 heavy (non-hydrogen) atoms. The van der Waals surface area contributed by atoms with E-state index in [9.17, 15) is 4.39 Å². The Morgan fingerprint density at radius 1 is 1.19 bits per heavy atom. The van der Waals surface area contributed by atoms with Gasteiger partial charge in [0.1, 0.15) is 0 Å². The predicted molar refractivity (Wildman–Crippen MR) is 86.4 cm³/mol. The molecular formula is C17H20FNOS. The molecule has 112 valence electrons. The zero-order valence-electron chi connectivity index (χ0n) is 12.5. The van der Waals surface area contributed by atoms with Crippen molar-refractivity contribution in [2.45, 2.75) is 24.4 Å². The van der Waals surface area contributed by atoms with E-state index in [4.69, 9.17) is 4.74 Å². The fourth-order valence-electron chi connectivity index (χ4n) is 2.08. The molecule has 2 rings (SSSR count). The third-order valence-electron chi connectivity index (χ3n) is 3.45. The van der Waals surface area contributed by atoms with Gasteiger partial charge in [0.25, 0.3) is 0 Å². The van der Waals surface area contributed by atoms with Crippen LogP contribution in [0.4, 0.5) is 4.39 Å². The third kappa shape index (κ3) is 4.22. The van der Waals surface area contributed by atoms with E-state index in [1.54, 1.807) is 17.8 Å². The van der Waals surface area contributed by atoms with Crippen LogP contribution in [0.15, 0.2) is 47.4 Å². The number of nitrogens with one attached hydrogen (secondary N) is 1. The van der Waals surface area contributed by atoms with Crippen LogP contribution in [0.1, 0.15) is 24.1 Å². The average molecular weight is 305 g/mol. The highest BCUT2D eigenvalue weighted by molar-refractivity contribution is 7.98. The van der Waals surface area contributed by atoms with E-state index in [-0.39, 0.29) is 17.6 Å². The average Bonchev–Trinajstić information content (AvgIpc) is 2.53. The molecule has 2 nitrogen and oxygen atoms in total. The second-order valence-electron chi connectivity index (χ2n) is 4.84. The van der Waals surface area contributed by atoms with Crippen LogP contribution >= 0.6 is 11.8 Å². The summed E-state index contributed by atoms with van der Waals surface area (Å²) in [6.07, 6.45) is 2.06. The van der Waals surface area contributed by atoms with E-state index in [1.807, 2.05) is 13.0 Å². The molecule has 0 spiro atoms. The van der Waals surface area contributed by atoms with Crippen LogP contribution < -0.4 is 10.1 Å². The summed E-state index contributed by atoms with van der Waals surface area (Å²) in [5, 5.41) is 3.40. The SMILES string of the molecule is COc1ccc(C(C)NCc2ccc(SC)cc2)cc1F. The molecular weight excluding hydrogens is 285 g/mol. The maximum atomic E-state index is 13.7. The number of methoxy groups -OCH3 is 1. The first-order valence-corrected chi connectivity index (χ1v) is 8.06. The molecule has 0 saturated heterocycles. The summed E-state index contributed by atoms with van der Waals surface area (Å²) < 4.78 is 18.6. The molecule has 0 aromatic heterocycles. The molecule has 2 aromatic carbocycles. The number of thioether (sulfide) groups is 1. The van der Waals surface area contributed by atoms with Crippen molar-refractivity contribution < 1.29 is 9.13 Å². The summed E-state index contributed by atoms with van der Waals surface area (Å²) in [6, 6.07) is 13.6. The number of rotatable bonds is 6. The van der Waals surface area contributed by atoms with Crippen molar-refractivity contribution in [3.63, 3.8) is 0 Å². The van der Waals surface area contributed by atoms with E-state index >= 15 is 0 Å². The minimum atomic E-state index is -0.326. The van der Waals surface area contributed by atoms with Crippen LogP contribution in [0.5, 0.6) is 5.75 Å². The van der Waals surface area contributed by atoms with E-state index in [0.717, 1.165) is 12.1 Å². The topological polar surface area (TPSA) is 21.3 Å². The zero-order chi connectivity index (χ0) is 15.2. The molecule has 1 N–H and O–H groups in total. The summed E-state index contributed by atoms with van der Waals surface area (Å²) in [7, 11) is 1.47. The first kappa shape index (κ1) is 15.9. The van der Waals surface area contributed by atoms with Crippen molar-refractivity contribution in [3.05, 3.63) is 59.4 Å². The monoisotopic (exact) mass is 305 g/mol. The summed E-state index contributed by atoms with van der Waals surface area (Å²) >= 11 is 1.73. The fraction of sp³-hybridized carbons (Fsp3) is 0.294. The molecule has 0 radical (unpaired) electrons. The first-order valence-electron chi connectivity index (χ1n) is 6.83. The van der Waals surface area contributed by atoms with Crippen LogP contribution in [0.2, 0.25) is 0 Å². The maximum Gasteiger partial charge on any atom is 0.165 e. The largest absolute Gasteiger partial charge is 0.494 e. The fourth-order valence-corrected chi connectivity index (χ4v) is 2.49. The second-order valence-corrected chi connectivity index (χ2v) is 5.72. The van der Waals surface area contributed by atoms with Crippen molar-refractivity contribution >= 4 is 11.8 Å². The molecule has 0 fully saturated rings. The minimum Gasteiger partial charge on any atom is -0.494 e. The van der Waals surface area contributed by atoms with Gasteiger partial charge in [0.2, 0.25) is 0 Å². The van der Waals surface area contributed by atoms with Gasteiger partial charge in [0, 0.05) is 17.5 Å². The van der Waals surface area contributed by atoms with Gasteiger partial charge in [-0.1, -0.05) is 18.2 Å². The minimum absolute atomic E-state index is 0.0747. The highest BCUT2D eigenvalue weighted by Gasteiger charge is 2.09. The standard InChI is InChI=1S/C17H20FNOS/c1-12(14-6-9-17(20-2)16(18)10-14)19-11-13-4-7-15(21-3)8-5-13/h4-10,12,19H,11H2,1-3H3. The Morgan fingerprint density at radius 3 is 2.48 bits per heavy atom. The molecule has 0 heterocycles. The van der Waals surface area contributed by atoms with Crippen molar-refractivity contribution in [2.24, 2.45) is 0 Å². The maximum absolute atomic E-state index is 13.7. The summed E-state index contributed by atoms with van der Waals surface area (Å²) in [5.74, 6) is -0.0495. The second kappa shape index (κ2) is 7.48. The zero-order valence-corrected chi connectivity index (χ0v) is 13.3. The number of ether oxygens (including phenoxy) is 1. The Kier molecular flexibility index (Phi) is 5.65. The van der Waals surface area contributed by atoms with E-state index in [2.05, 4.69) is 35.8 Å². The third-order valence-corrected chi connectivity index (χ3v) is 4.19. The van der Waals surface area contributed by atoms with Gasteiger partial charge >= 0.3 is 0 Å². The Labute approximate surface area is 129 Å². The highest BCUT2D eigenvalue weighted by Crippen LogP contribution is 2.22. The van der Waals surface area contributed by atoms with Gasteiger partial charge in [-0.05, 0) is 48.6 Å². The lowest BCUT2D eigenvalue weighted by molar-refractivity contribution is 0.385. The predicted octanol–water partition coefficient (Wildman–Crippen LogP) is 4.41. The molecule has 1 unspecified atom stereocenters. The smallest absolute Gasteiger partial charge is 0.165 e. The Bertz CT molecular complexity index is 586. The Morgan fingerprint density at radius 2 is 1.90 bits per heavy atom. The lowest BCUT2D eigenvalue weighted by atomic mass is 10.1. The van der Waals surface area contributed by atoms with Crippen LogP contribution in [-0.2, 0) is 6.54 Å². The van der Waals surface area contributed by atoms with E-state index in [1.165, 1.54) is 23.6 Å². The number of benzene rings is 2. The van der Waals surface area contributed by atoms with Crippen LogP contribution in [0.25, 0.3) is 0 Å². The van der Waals surface area contributed by atoms with Gasteiger partial charge in [-0.25, -0.2) is 4.39 Å². The highest BCUT2D eigenvalue weighted by atomic mass is 32.2. The van der Waals surface area contributed by atoms with Crippen LogP contribution in [-0.4, -0.2) is 13.4 Å². The molecule has 4 heteroatoms. The Balaban J connectivity index is 1.97. The normalized spacial score (nSPS) is 12.2. The molecule has 0 aliphatic heterocycles. The molecule has 0 aliphatic rings. The molecule has 0 saturated carbocycles. The van der Waals surface area contributed by atoms with Gasteiger partial charge in [-0.2, -0.15) is 0 Å². The van der Waals surface area contributed by atoms with Crippen LogP contribution in [0.3, 0.4) is 0 Å². The molecule has 0 bridgehead atoms. The van der Waals surface area contributed by atoms with Gasteiger partial charge in [-0.3, -0.25) is 0 Å². The number of halogens is 1. The molecule has 0 aliphatic carbocycles. The lowest BCUT2D eigenvalue weighted by Crippen LogP contribution is -2.18. The van der Waals surface area contributed by atoms with Crippen molar-refractivity contribution in [1.29, 1.82) is 0 Å². The van der Waals surface area contributed by atoms with Gasteiger partial charge in [-0.15, -0.1) is 11.8 Å². The van der Waals surface area contributed by atoms with Gasteiger partial charge in [0.05, 0.1) is 7.11 Å². The summed E-state index contributed by atoms with van der Waals surface area (Å²) in [4.78, 5) is 1.25. The first-order chi connectivity index (χ1) is 10.1. The van der Waals surface area contributed by atoms with Gasteiger partial charge < -0.3 is 10.1 Å².